The van der Waals surface area contributed by atoms with Crippen LogP contribution in [-0.2, 0) is 10.0 Å². The second kappa shape index (κ2) is 6.06. The molecule has 1 aliphatic rings. The zero-order chi connectivity index (χ0) is 15.7. The average molecular weight is 340 g/mol. The Morgan fingerprint density at radius 1 is 1.27 bits per heavy atom. The van der Waals surface area contributed by atoms with Crippen LogP contribution < -0.4 is 0 Å². The molecule has 1 aromatic heterocycles. The molecule has 4 nitrogen and oxygen atoms in total. The summed E-state index contributed by atoms with van der Waals surface area (Å²) in [6.07, 6.45) is 4.37. The van der Waals surface area contributed by atoms with Gasteiger partial charge in [0.05, 0.1) is 10.9 Å². The van der Waals surface area contributed by atoms with Crippen LogP contribution in [0.15, 0.2) is 35.4 Å². The van der Waals surface area contributed by atoms with Gasteiger partial charge in [-0.05, 0) is 44.0 Å². The van der Waals surface area contributed by atoms with Crippen molar-refractivity contribution in [2.45, 2.75) is 37.1 Å². The topological polar surface area (TPSA) is 50.3 Å². The molecule has 3 rings (SSSR count). The van der Waals surface area contributed by atoms with Crippen LogP contribution in [0.2, 0.25) is 0 Å². The summed E-state index contributed by atoms with van der Waals surface area (Å²) in [7, 11) is -3.63. The summed E-state index contributed by atoms with van der Waals surface area (Å²) in [4.78, 5) is 5.57. The quantitative estimate of drug-likeness (QED) is 0.859. The minimum atomic E-state index is -3.63. The van der Waals surface area contributed by atoms with Crippen molar-refractivity contribution in [2.75, 3.05) is 6.54 Å². The zero-order valence-corrected chi connectivity index (χ0v) is 13.8. The highest BCUT2D eigenvalue weighted by Gasteiger charge is 2.35. The molecule has 0 saturated carbocycles. The van der Waals surface area contributed by atoms with Gasteiger partial charge < -0.3 is 0 Å². The van der Waals surface area contributed by atoms with Gasteiger partial charge in [-0.15, -0.1) is 11.3 Å². The third-order valence-corrected chi connectivity index (χ3v) is 6.73. The van der Waals surface area contributed by atoms with Crippen molar-refractivity contribution >= 4 is 21.4 Å². The summed E-state index contributed by atoms with van der Waals surface area (Å²) in [5, 5.41) is 0.836. The van der Waals surface area contributed by atoms with E-state index in [1.54, 1.807) is 6.20 Å². The van der Waals surface area contributed by atoms with Crippen molar-refractivity contribution in [1.29, 1.82) is 0 Å². The van der Waals surface area contributed by atoms with E-state index in [9.17, 15) is 12.8 Å². The van der Waals surface area contributed by atoms with Gasteiger partial charge in [-0.1, -0.05) is 6.42 Å². The van der Waals surface area contributed by atoms with E-state index in [1.165, 1.54) is 39.9 Å². The van der Waals surface area contributed by atoms with Crippen molar-refractivity contribution in [3.8, 4) is 0 Å². The average Bonchev–Trinajstić information content (AvgIpc) is 2.94. The first-order valence-electron chi connectivity index (χ1n) is 7.18. The van der Waals surface area contributed by atoms with E-state index >= 15 is 0 Å². The Labute approximate surface area is 133 Å². The van der Waals surface area contributed by atoms with Crippen molar-refractivity contribution in [2.24, 2.45) is 0 Å². The van der Waals surface area contributed by atoms with Crippen LogP contribution in [0.25, 0.3) is 0 Å². The van der Waals surface area contributed by atoms with Crippen LogP contribution in [0.4, 0.5) is 4.39 Å². The summed E-state index contributed by atoms with van der Waals surface area (Å²) in [5.41, 5.74) is 0. The van der Waals surface area contributed by atoms with Crippen LogP contribution in [0.1, 0.15) is 35.2 Å². The molecule has 22 heavy (non-hydrogen) atoms. The number of thiazole rings is 1. The standard InChI is InChI=1S/C15H17FN2O2S2/c1-11-10-17-15(21-11)14-4-2-3-9-18(14)22(19,20)13-7-5-12(16)6-8-13/h5-8,10,14H,2-4,9H2,1H3/t14-/m0/s1. The number of halogens is 1. The molecule has 0 N–H and O–H groups in total. The monoisotopic (exact) mass is 340 g/mol. The molecule has 1 aliphatic heterocycles. The number of rotatable bonds is 3. The molecule has 0 aliphatic carbocycles. The van der Waals surface area contributed by atoms with E-state index in [2.05, 4.69) is 4.98 Å². The molecule has 7 heteroatoms. The fourth-order valence-corrected chi connectivity index (χ4v) is 5.36. The number of aryl methyl sites for hydroxylation is 1. The van der Waals surface area contributed by atoms with E-state index in [4.69, 9.17) is 0 Å². The van der Waals surface area contributed by atoms with E-state index in [1.807, 2.05) is 6.92 Å². The van der Waals surface area contributed by atoms with Crippen molar-refractivity contribution < 1.29 is 12.8 Å². The number of piperidine rings is 1. The van der Waals surface area contributed by atoms with Crippen molar-refractivity contribution in [1.82, 2.24) is 9.29 Å². The Morgan fingerprint density at radius 3 is 2.64 bits per heavy atom. The maximum absolute atomic E-state index is 13.0. The lowest BCUT2D eigenvalue weighted by atomic mass is 10.1. The highest BCUT2D eigenvalue weighted by molar-refractivity contribution is 7.89. The molecule has 0 bridgehead atoms. The molecule has 2 heterocycles. The molecule has 0 unspecified atom stereocenters. The number of benzene rings is 1. The second-order valence-electron chi connectivity index (χ2n) is 5.39. The molecule has 0 amide bonds. The minimum Gasteiger partial charge on any atom is -0.248 e. The van der Waals surface area contributed by atoms with Gasteiger partial charge in [0.15, 0.2) is 0 Å². The third kappa shape index (κ3) is 2.93. The number of hydrogen-bond acceptors (Lipinski definition) is 4. The third-order valence-electron chi connectivity index (χ3n) is 3.80. The summed E-state index contributed by atoms with van der Waals surface area (Å²) in [6.45, 7) is 2.44. The largest absolute Gasteiger partial charge is 0.248 e. The van der Waals surface area contributed by atoms with Crippen LogP contribution >= 0.6 is 11.3 Å². The molecule has 118 valence electrons. The van der Waals surface area contributed by atoms with Crippen LogP contribution in [0.3, 0.4) is 0 Å². The Kier molecular flexibility index (Phi) is 4.29. The normalized spacial score (nSPS) is 20.2. The van der Waals surface area contributed by atoms with Gasteiger partial charge in [-0.2, -0.15) is 4.31 Å². The first-order valence-corrected chi connectivity index (χ1v) is 9.44. The molecule has 0 spiro atoms. The van der Waals surface area contributed by atoms with Gasteiger partial charge in [-0.25, -0.2) is 17.8 Å². The smallest absolute Gasteiger partial charge is 0.243 e. The lowest BCUT2D eigenvalue weighted by Gasteiger charge is -2.33. The lowest BCUT2D eigenvalue weighted by Crippen LogP contribution is -2.38. The van der Waals surface area contributed by atoms with Gasteiger partial charge in [0.25, 0.3) is 0 Å². The van der Waals surface area contributed by atoms with E-state index in [-0.39, 0.29) is 10.9 Å². The Bertz CT molecular complexity index is 756. The Balaban J connectivity index is 1.97. The van der Waals surface area contributed by atoms with Gasteiger partial charge in [0, 0.05) is 17.6 Å². The summed E-state index contributed by atoms with van der Waals surface area (Å²) < 4.78 is 40.3. The predicted octanol–water partition coefficient (Wildman–Crippen LogP) is 3.51. The Hall–Kier alpha value is -1.31. The second-order valence-corrected chi connectivity index (χ2v) is 8.55. The first-order chi connectivity index (χ1) is 10.5. The molecular weight excluding hydrogens is 323 g/mol. The molecule has 1 fully saturated rings. The number of hydrogen-bond donors (Lipinski definition) is 0. The predicted molar refractivity (Wildman–Crippen MR) is 83.7 cm³/mol. The molecule has 2 aromatic rings. The molecular formula is C15H17FN2O2S2. The van der Waals surface area contributed by atoms with Gasteiger partial charge in [-0.3, -0.25) is 0 Å². The van der Waals surface area contributed by atoms with Crippen molar-refractivity contribution in [3.63, 3.8) is 0 Å². The van der Waals surface area contributed by atoms with Gasteiger partial charge >= 0.3 is 0 Å². The van der Waals surface area contributed by atoms with E-state index in [0.29, 0.717) is 6.54 Å². The maximum atomic E-state index is 13.0. The highest BCUT2D eigenvalue weighted by atomic mass is 32.2. The SMILES string of the molecule is Cc1cnc([C@@H]2CCCCN2S(=O)(=O)c2ccc(F)cc2)s1. The number of nitrogens with zero attached hydrogens (tertiary/aromatic N) is 2. The molecule has 1 saturated heterocycles. The van der Waals surface area contributed by atoms with Crippen LogP contribution in [0.5, 0.6) is 0 Å². The maximum Gasteiger partial charge on any atom is 0.243 e. The summed E-state index contributed by atoms with van der Waals surface area (Å²) >= 11 is 1.53. The minimum absolute atomic E-state index is 0.133. The van der Waals surface area contributed by atoms with Crippen LogP contribution in [0, 0.1) is 12.7 Å². The lowest BCUT2D eigenvalue weighted by molar-refractivity contribution is 0.255. The first kappa shape index (κ1) is 15.6. The fourth-order valence-electron chi connectivity index (χ4n) is 2.71. The number of aromatic nitrogens is 1. The van der Waals surface area contributed by atoms with E-state index < -0.39 is 15.8 Å². The van der Waals surface area contributed by atoms with E-state index in [0.717, 1.165) is 29.1 Å². The van der Waals surface area contributed by atoms with Crippen molar-refractivity contribution in [3.05, 3.63) is 46.2 Å². The number of sulfonamides is 1. The van der Waals surface area contributed by atoms with Gasteiger partial charge in [0.2, 0.25) is 10.0 Å². The Morgan fingerprint density at radius 2 is 2.00 bits per heavy atom. The summed E-state index contributed by atoms with van der Waals surface area (Å²) in [6, 6.07) is 4.79. The highest BCUT2D eigenvalue weighted by Crippen LogP contribution is 2.36. The molecule has 0 radical (unpaired) electrons. The zero-order valence-electron chi connectivity index (χ0n) is 12.2. The molecule has 1 atom stereocenters. The molecule has 1 aromatic carbocycles. The fraction of sp³-hybridized carbons (Fsp3) is 0.400. The van der Waals surface area contributed by atoms with Crippen LogP contribution in [-0.4, -0.2) is 24.3 Å². The summed E-state index contributed by atoms with van der Waals surface area (Å²) in [5.74, 6) is -0.440. The van der Waals surface area contributed by atoms with Gasteiger partial charge in [0.1, 0.15) is 10.8 Å².